The first-order valence-electron chi connectivity index (χ1n) is 8.78. The van der Waals surface area contributed by atoms with Crippen LogP contribution < -0.4 is 10.1 Å². The third kappa shape index (κ3) is 3.55. The zero-order chi connectivity index (χ0) is 18.0. The molecule has 1 aromatic rings. The summed E-state index contributed by atoms with van der Waals surface area (Å²) in [5.41, 5.74) is 0.151. The van der Waals surface area contributed by atoms with Gasteiger partial charge in [0.1, 0.15) is 0 Å². The van der Waals surface area contributed by atoms with E-state index in [4.69, 9.17) is 4.74 Å². The molecule has 136 valence electrons. The molecule has 1 saturated carbocycles. The van der Waals surface area contributed by atoms with Crippen LogP contribution in [-0.2, 0) is 11.3 Å². The maximum atomic E-state index is 12.5. The number of rotatable bonds is 5. The van der Waals surface area contributed by atoms with Gasteiger partial charge in [0.15, 0.2) is 0 Å². The monoisotopic (exact) mass is 347 g/mol. The predicted molar refractivity (Wildman–Crippen MR) is 91.2 cm³/mol. The van der Waals surface area contributed by atoms with Gasteiger partial charge < -0.3 is 20.1 Å². The lowest BCUT2D eigenvalue weighted by Crippen LogP contribution is -2.41. The highest BCUT2D eigenvalue weighted by molar-refractivity contribution is 5.80. The lowest BCUT2D eigenvalue weighted by atomic mass is 9.81. The molecule has 2 amide bonds. The van der Waals surface area contributed by atoms with Crippen molar-refractivity contribution in [1.29, 1.82) is 0 Å². The number of carbonyl (C=O) groups excluding carboxylic acids is 1. The number of carboxylic acids is 1. The van der Waals surface area contributed by atoms with E-state index in [0.717, 1.165) is 18.4 Å². The third-order valence-corrected chi connectivity index (χ3v) is 5.18. The lowest BCUT2D eigenvalue weighted by molar-refractivity contribution is -0.149. The molecule has 2 heterocycles. The van der Waals surface area contributed by atoms with Crippen LogP contribution in [0, 0.1) is 11.3 Å². The summed E-state index contributed by atoms with van der Waals surface area (Å²) in [6.07, 6.45) is 4.17. The Morgan fingerprint density at radius 3 is 3.00 bits per heavy atom. The number of carbonyl (C=O) groups is 2. The van der Waals surface area contributed by atoms with Crippen LogP contribution in [0.1, 0.15) is 38.7 Å². The Hall–Kier alpha value is -2.31. The number of amides is 2. The number of likely N-dealkylation sites (tertiary alicyclic amines) is 1. The van der Waals surface area contributed by atoms with Crippen molar-refractivity contribution in [2.45, 2.75) is 45.8 Å². The van der Waals surface area contributed by atoms with Crippen molar-refractivity contribution in [2.24, 2.45) is 11.3 Å². The van der Waals surface area contributed by atoms with Crippen molar-refractivity contribution in [3.8, 4) is 5.88 Å². The van der Waals surface area contributed by atoms with Gasteiger partial charge >= 0.3 is 12.0 Å². The highest BCUT2D eigenvalue weighted by atomic mass is 16.5. The van der Waals surface area contributed by atoms with Gasteiger partial charge in [0.05, 0.1) is 11.5 Å². The number of aliphatic carboxylic acids is 1. The first kappa shape index (κ1) is 17.5. The quantitative estimate of drug-likeness (QED) is 0.852. The van der Waals surface area contributed by atoms with E-state index in [0.29, 0.717) is 31.9 Å². The van der Waals surface area contributed by atoms with Gasteiger partial charge in [0.25, 0.3) is 0 Å². The van der Waals surface area contributed by atoms with Gasteiger partial charge in [-0.2, -0.15) is 0 Å². The van der Waals surface area contributed by atoms with Gasteiger partial charge in [0, 0.05) is 31.9 Å². The van der Waals surface area contributed by atoms with Crippen LogP contribution in [-0.4, -0.2) is 46.2 Å². The zero-order valence-electron chi connectivity index (χ0n) is 14.7. The van der Waals surface area contributed by atoms with Crippen LogP contribution in [0.15, 0.2) is 18.3 Å². The van der Waals surface area contributed by atoms with E-state index >= 15 is 0 Å². The molecule has 25 heavy (non-hydrogen) atoms. The molecule has 2 N–H and O–H groups in total. The van der Waals surface area contributed by atoms with E-state index in [9.17, 15) is 14.7 Å². The fourth-order valence-electron chi connectivity index (χ4n) is 3.95. The number of nitrogens with zero attached hydrogens (tertiary/aromatic N) is 2. The SMILES string of the molecule is CC(C)Oc1cc(CNC(=O)N2C[C@@H]3CCC[C@@]3(C(=O)O)C2)ccn1. The lowest BCUT2D eigenvalue weighted by Gasteiger charge is -2.23. The molecule has 1 aromatic heterocycles. The molecule has 7 nitrogen and oxygen atoms in total. The van der Waals surface area contributed by atoms with Crippen molar-refractivity contribution < 1.29 is 19.4 Å². The minimum absolute atomic E-state index is 0.0357. The Kier molecular flexibility index (Phi) is 4.83. The molecule has 3 rings (SSSR count). The highest BCUT2D eigenvalue weighted by Crippen LogP contribution is 2.48. The summed E-state index contributed by atoms with van der Waals surface area (Å²) in [4.78, 5) is 29.9. The molecule has 0 aromatic carbocycles. The molecule has 0 radical (unpaired) electrons. The number of pyridine rings is 1. The van der Waals surface area contributed by atoms with Crippen LogP contribution >= 0.6 is 0 Å². The standard InChI is InChI=1S/C18H25N3O4/c1-12(2)25-15-8-13(5-7-19-15)9-20-17(24)21-10-14-4-3-6-18(14,11-21)16(22)23/h5,7-8,12,14H,3-4,6,9-11H2,1-2H3,(H,20,24)(H,22,23)/t14-,18+/m0/s1. The van der Waals surface area contributed by atoms with Gasteiger partial charge in [-0.1, -0.05) is 6.42 Å². The summed E-state index contributed by atoms with van der Waals surface area (Å²) >= 11 is 0. The van der Waals surface area contributed by atoms with Gasteiger partial charge in [-0.3, -0.25) is 4.79 Å². The number of fused-ring (bicyclic) bond motifs is 1. The zero-order valence-corrected chi connectivity index (χ0v) is 14.7. The molecule has 1 saturated heterocycles. The summed E-state index contributed by atoms with van der Waals surface area (Å²) in [5, 5.41) is 12.5. The van der Waals surface area contributed by atoms with Crippen molar-refractivity contribution in [1.82, 2.24) is 15.2 Å². The molecule has 0 unspecified atom stereocenters. The summed E-state index contributed by atoms with van der Waals surface area (Å²) < 4.78 is 5.55. The van der Waals surface area contributed by atoms with Crippen LogP contribution in [0.25, 0.3) is 0 Å². The Bertz CT molecular complexity index is 663. The van der Waals surface area contributed by atoms with Crippen LogP contribution in [0.2, 0.25) is 0 Å². The second-order valence-electron chi connectivity index (χ2n) is 7.26. The number of hydrogen-bond acceptors (Lipinski definition) is 4. The first-order valence-corrected chi connectivity index (χ1v) is 8.78. The predicted octanol–water partition coefficient (Wildman–Crippen LogP) is 2.27. The first-order chi connectivity index (χ1) is 11.9. The van der Waals surface area contributed by atoms with Crippen molar-refractivity contribution in [3.63, 3.8) is 0 Å². The normalized spacial score (nSPS) is 25.1. The molecule has 0 spiro atoms. The number of aromatic nitrogens is 1. The number of hydrogen-bond donors (Lipinski definition) is 2. The van der Waals surface area contributed by atoms with Crippen molar-refractivity contribution in [3.05, 3.63) is 23.9 Å². The van der Waals surface area contributed by atoms with Crippen molar-refractivity contribution in [2.75, 3.05) is 13.1 Å². The Morgan fingerprint density at radius 2 is 2.32 bits per heavy atom. The number of ether oxygens (including phenoxy) is 1. The smallest absolute Gasteiger partial charge is 0.317 e. The average molecular weight is 347 g/mol. The van der Waals surface area contributed by atoms with E-state index in [1.807, 2.05) is 19.9 Å². The van der Waals surface area contributed by atoms with E-state index in [-0.39, 0.29) is 18.1 Å². The molecular weight excluding hydrogens is 322 g/mol. The fraction of sp³-hybridized carbons (Fsp3) is 0.611. The van der Waals surface area contributed by atoms with Crippen LogP contribution in [0.4, 0.5) is 4.79 Å². The van der Waals surface area contributed by atoms with Gasteiger partial charge in [0.2, 0.25) is 5.88 Å². The maximum Gasteiger partial charge on any atom is 0.317 e. The second kappa shape index (κ2) is 6.90. The number of carboxylic acid groups (broad SMARTS) is 1. The molecule has 2 aliphatic rings. The second-order valence-corrected chi connectivity index (χ2v) is 7.26. The average Bonchev–Trinajstić information content (AvgIpc) is 3.10. The molecule has 0 bridgehead atoms. The summed E-state index contributed by atoms with van der Waals surface area (Å²) in [7, 11) is 0. The molecule has 1 aliphatic heterocycles. The van der Waals surface area contributed by atoms with E-state index < -0.39 is 11.4 Å². The number of urea groups is 1. The van der Waals surface area contributed by atoms with E-state index in [1.54, 1.807) is 17.2 Å². The van der Waals surface area contributed by atoms with E-state index in [1.165, 1.54) is 0 Å². The summed E-state index contributed by atoms with van der Waals surface area (Å²) in [6.45, 7) is 5.04. The van der Waals surface area contributed by atoms with Crippen LogP contribution in [0.3, 0.4) is 0 Å². The Morgan fingerprint density at radius 1 is 1.52 bits per heavy atom. The largest absolute Gasteiger partial charge is 0.481 e. The minimum Gasteiger partial charge on any atom is -0.481 e. The molecule has 1 aliphatic carbocycles. The van der Waals surface area contributed by atoms with Gasteiger partial charge in [-0.15, -0.1) is 0 Å². The van der Waals surface area contributed by atoms with Gasteiger partial charge in [-0.05, 0) is 44.2 Å². The Balaban J connectivity index is 1.58. The van der Waals surface area contributed by atoms with Crippen LogP contribution in [0.5, 0.6) is 5.88 Å². The Labute approximate surface area is 147 Å². The topological polar surface area (TPSA) is 91.8 Å². The van der Waals surface area contributed by atoms with E-state index in [2.05, 4.69) is 10.3 Å². The molecule has 7 heteroatoms. The molecule has 2 fully saturated rings. The summed E-state index contributed by atoms with van der Waals surface area (Å²) in [6, 6.07) is 3.42. The van der Waals surface area contributed by atoms with Crippen molar-refractivity contribution >= 4 is 12.0 Å². The summed E-state index contributed by atoms with van der Waals surface area (Å²) in [5.74, 6) is -0.167. The highest BCUT2D eigenvalue weighted by Gasteiger charge is 2.55. The molecule has 2 atom stereocenters. The number of nitrogens with one attached hydrogen (secondary N) is 1. The fourth-order valence-corrected chi connectivity index (χ4v) is 3.95. The minimum atomic E-state index is -0.769. The maximum absolute atomic E-state index is 12.5. The van der Waals surface area contributed by atoms with Gasteiger partial charge in [-0.25, -0.2) is 9.78 Å². The molecular formula is C18H25N3O4. The third-order valence-electron chi connectivity index (χ3n) is 5.18.